The first-order valence-electron chi connectivity index (χ1n) is 4.52. The molecule has 2 nitrogen and oxygen atoms in total. The van der Waals surface area contributed by atoms with Crippen LogP contribution in [-0.4, -0.2) is 11.8 Å². The molecule has 0 fully saturated rings. The minimum atomic E-state index is -0.491. The molecule has 14 heavy (non-hydrogen) atoms. The van der Waals surface area contributed by atoms with E-state index in [0.717, 1.165) is 11.1 Å². The zero-order valence-electron chi connectivity index (χ0n) is 7.68. The molecule has 1 atom stereocenters. The van der Waals surface area contributed by atoms with E-state index in [1.54, 1.807) is 12.2 Å². The Kier molecular flexibility index (Phi) is 2.29. The highest BCUT2D eigenvalue weighted by atomic mass is 16.1. The Bertz CT molecular complexity index is 404. The predicted octanol–water partition coefficient (Wildman–Crippen LogP) is 1.54. The second kappa shape index (κ2) is 3.60. The van der Waals surface area contributed by atoms with Crippen LogP contribution in [0.2, 0.25) is 0 Å². The fraction of sp³-hybridized carbons (Fsp3) is 0.0833. The van der Waals surface area contributed by atoms with Gasteiger partial charge in [-0.15, -0.1) is 0 Å². The van der Waals surface area contributed by atoms with Gasteiger partial charge in [-0.3, -0.25) is 4.79 Å². The molecule has 70 valence electrons. The van der Waals surface area contributed by atoms with Crippen molar-refractivity contribution >= 4 is 11.4 Å². The van der Waals surface area contributed by atoms with E-state index in [4.69, 9.17) is 5.73 Å². The summed E-state index contributed by atoms with van der Waals surface area (Å²) in [6.45, 7) is 0. The van der Waals surface area contributed by atoms with Crippen LogP contribution in [0.1, 0.15) is 5.56 Å². The minimum Gasteiger partial charge on any atom is -0.318 e. The van der Waals surface area contributed by atoms with E-state index < -0.39 is 6.04 Å². The Morgan fingerprint density at radius 3 is 2.43 bits per heavy atom. The highest BCUT2D eigenvalue weighted by Gasteiger charge is 2.13. The molecule has 2 N–H and O–H groups in total. The van der Waals surface area contributed by atoms with E-state index in [0.29, 0.717) is 0 Å². The van der Waals surface area contributed by atoms with Gasteiger partial charge in [-0.25, -0.2) is 0 Å². The highest BCUT2D eigenvalue weighted by molar-refractivity contribution is 6.02. The summed E-state index contributed by atoms with van der Waals surface area (Å²) in [7, 11) is 0. The van der Waals surface area contributed by atoms with Crippen molar-refractivity contribution in [2.45, 2.75) is 6.04 Å². The molecule has 2 rings (SSSR count). The van der Waals surface area contributed by atoms with Crippen molar-refractivity contribution in [1.82, 2.24) is 0 Å². The number of rotatable bonds is 1. The molecule has 1 aliphatic carbocycles. The Morgan fingerprint density at radius 2 is 1.79 bits per heavy atom. The van der Waals surface area contributed by atoms with E-state index in [1.165, 1.54) is 6.08 Å². The lowest BCUT2D eigenvalue weighted by Crippen LogP contribution is -2.28. The van der Waals surface area contributed by atoms with E-state index >= 15 is 0 Å². The Morgan fingerprint density at radius 1 is 1.07 bits per heavy atom. The molecule has 0 spiro atoms. The second-order valence-corrected chi connectivity index (χ2v) is 3.25. The summed E-state index contributed by atoms with van der Waals surface area (Å²) in [5.41, 5.74) is 7.73. The average Bonchev–Trinajstić information content (AvgIpc) is 2.23. The van der Waals surface area contributed by atoms with E-state index in [2.05, 4.69) is 0 Å². The molecule has 0 radical (unpaired) electrons. The summed E-state index contributed by atoms with van der Waals surface area (Å²) < 4.78 is 0. The van der Waals surface area contributed by atoms with Gasteiger partial charge in [0.2, 0.25) is 0 Å². The topological polar surface area (TPSA) is 43.1 Å². The third kappa shape index (κ3) is 1.65. The van der Waals surface area contributed by atoms with Crippen LogP contribution in [0.25, 0.3) is 5.57 Å². The molecule has 0 amide bonds. The third-order valence-electron chi connectivity index (χ3n) is 2.22. The average molecular weight is 185 g/mol. The van der Waals surface area contributed by atoms with Crippen LogP contribution in [0.15, 0.2) is 48.6 Å². The van der Waals surface area contributed by atoms with Crippen molar-refractivity contribution < 1.29 is 4.79 Å². The van der Waals surface area contributed by atoms with Gasteiger partial charge in [0.25, 0.3) is 0 Å². The molecule has 1 aromatic rings. The van der Waals surface area contributed by atoms with Crippen LogP contribution in [0.3, 0.4) is 0 Å². The quantitative estimate of drug-likeness (QED) is 0.721. The van der Waals surface area contributed by atoms with E-state index in [9.17, 15) is 4.79 Å². The highest BCUT2D eigenvalue weighted by Crippen LogP contribution is 2.18. The van der Waals surface area contributed by atoms with Gasteiger partial charge >= 0.3 is 0 Å². The first-order chi connectivity index (χ1) is 6.77. The molecule has 0 aliphatic heterocycles. The molecule has 0 saturated heterocycles. The summed E-state index contributed by atoms with van der Waals surface area (Å²) in [5, 5.41) is 0. The molecule has 1 unspecified atom stereocenters. The lowest BCUT2D eigenvalue weighted by Gasteiger charge is -2.11. The number of allylic oxidation sites excluding steroid dienone is 2. The lowest BCUT2D eigenvalue weighted by atomic mass is 9.97. The maximum atomic E-state index is 11.1. The third-order valence-corrected chi connectivity index (χ3v) is 2.22. The first-order valence-corrected chi connectivity index (χ1v) is 4.52. The lowest BCUT2D eigenvalue weighted by molar-refractivity contribution is -0.114. The minimum absolute atomic E-state index is 0.0373. The number of hydrogen-bond acceptors (Lipinski definition) is 2. The van der Waals surface area contributed by atoms with Crippen LogP contribution in [-0.2, 0) is 4.79 Å². The van der Waals surface area contributed by atoms with Crippen molar-refractivity contribution in [2.75, 3.05) is 0 Å². The normalized spacial score (nSPS) is 20.8. The van der Waals surface area contributed by atoms with Crippen LogP contribution in [0.4, 0.5) is 0 Å². The molecule has 0 bridgehead atoms. The summed E-state index contributed by atoms with van der Waals surface area (Å²) >= 11 is 0. The number of ketones is 1. The second-order valence-electron chi connectivity index (χ2n) is 3.25. The van der Waals surface area contributed by atoms with Crippen molar-refractivity contribution in [1.29, 1.82) is 0 Å². The van der Waals surface area contributed by atoms with Gasteiger partial charge in [0.15, 0.2) is 5.78 Å². The number of hydrogen-bond donors (Lipinski definition) is 1. The summed E-state index contributed by atoms with van der Waals surface area (Å²) in [6.07, 6.45) is 5.13. The Hall–Kier alpha value is -1.67. The Balaban J connectivity index is 2.34. The Labute approximate surface area is 82.7 Å². The number of carbonyl (C=O) groups excluding carboxylic acids is 1. The molecular formula is C12H11NO. The van der Waals surface area contributed by atoms with Gasteiger partial charge in [-0.05, 0) is 17.2 Å². The van der Waals surface area contributed by atoms with Crippen molar-refractivity contribution in [3.63, 3.8) is 0 Å². The zero-order valence-corrected chi connectivity index (χ0v) is 7.68. The molecule has 2 heteroatoms. The van der Waals surface area contributed by atoms with Gasteiger partial charge in [0.05, 0.1) is 6.04 Å². The van der Waals surface area contributed by atoms with Gasteiger partial charge < -0.3 is 5.73 Å². The maximum absolute atomic E-state index is 11.1. The van der Waals surface area contributed by atoms with Crippen molar-refractivity contribution in [3.05, 3.63) is 54.1 Å². The standard InChI is InChI=1S/C12H11NO/c13-11-8-10(6-7-12(11)14)9-4-2-1-3-5-9/h1-8,11H,13H2. The number of benzene rings is 1. The van der Waals surface area contributed by atoms with Gasteiger partial charge in [-0.1, -0.05) is 42.5 Å². The number of carbonyl (C=O) groups is 1. The van der Waals surface area contributed by atoms with Gasteiger partial charge in [0.1, 0.15) is 0 Å². The molecular weight excluding hydrogens is 174 g/mol. The van der Waals surface area contributed by atoms with Crippen LogP contribution in [0, 0.1) is 0 Å². The number of nitrogens with two attached hydrogens (primary N) is 1. The van der Waals surface area contributed by atoms with Gasteiger partial charge in [0, 0.05) is 0 Å². The molecule has 0 aromatic heterocycles. The first kappa shape index (κ1) is 8.91. The van der Waals surface area contributed by atoms with Crippen LogP contribution >= 0.6 is 0 Å². The molecule has 0 heterocycles. The summed E-state index contributed by atoms with van der Waals surface area (Å²) in [6, 6.07) is 9.40. The monoisotopic (exact) mass is 185 g/mol. The van der Waals surface area contributed by atoms with Crippen molar-refractivity contribution in [3.8, 4) is 0 Å². The smallest absolute Gasteiger partial charge is 0.176 e. The molecule has 1 aromatic carbocycles. The van der Waals surface area contributed by atoms with E-state index in [-0.39, 0.29) is 5.78 Å². The SMILES string of the molecule is NC1C=C(c2ccccc2)C=CC1=O. The maximum Gasteiger partial charge on any atom is 0.176 e. The fourth-order valence-electron chi connectivity index (χ4n) is 1.44. The van der Waals surface area contributed by atoms with Crippen LogP contribution in [0.5, 0.6) is 0 Å². The van der Waals surface area contributed by atoms with Crippen molar-refractivity contribution in [2.24, 2.45) is 5.73 Å². The largest absolute Gasteiger partial charge is 0.318 e. The molecule has 0 saturated carbocycles. The summed E-state index contributed by atoms with van der Waals surface area (Å²) in [4.78, 5) is 11.1. The van der Waals surface area contributed by atoms with Crippen LogP contribution < -0.4 is 5.73 Å². The molecule has 1 aliphatic rings. The van der Waals surface area contributed by atoms with E-state index in [1.807, 2.05) is 30.3 Å². The van der Waals surface area contributed by atoms with Gasteiger partial charge in [-0.2, -0.15) is 0 Å². The zero-order chi connectivity index (χ0) is 9.97. The fourth-order valence-corrected chi connectivity index (χ4v) is 1.44. The predicted molar refractivity (Wildman–Crippen MR) is 56.5 cm³/mol. The summed E-state index contributed by atoms with van der Waals surface area (Å²) in [5.74, 6) is -0.0373.